The molecule has 1 saturated carbocycles. The maximum atomic E-state index is 13.6. The highest BCUT2D eigenvalue weighted by Crippen LogP contribution is 2.53. The van der Waals surface area contributed by atoms with Crippen molar-refractivity contribution in [2.45, 2.75) is 77.3 Å². The first-order valence-electron chi connectivity index (χ1n) is 13.7. The van der Waals surface area contributed by atoms with Gasteiger partial charge < -0.3 is 10.1 Å². The van der Waals surface area contributed by atoms with Gasteiger partial charge in [-0.05, 0) is 79.3 Å². The monoisotopic (exact) mass is 573 g/mol. The average molecular weight is 574 g/mol. The Kier molecular flexibility index (Phi) is 7.45. The fraction of sp³-hybridized carbons (Fsp3) is 0.586. The van der Waals surface area contributed by atoms with Crippen molar-refractivity contribution >= 4 is 38.2 Å². The Morgan fingerprint density at radius 1 is 1.15 bits per heavy atom. The standard InChI is InChI=1S/C29H39N3O5S2/c1-6-12-31-13-11-22-23(16-31)38-26(24(22)27(34)37-5)30-25(33)19-7-9-21(10-8-19)39(35,36)32-18-29(4)15-20(32)14-28(2,3)17-29/h7-10,20H,6,11-18H2,1-5H3,(H,30,33). The smallest absolute Gasteiger partial charge is 0.341 e. The topological polar surface area (TPSA) is 96.0 Å². The third-order valence-corrected chi connectivity index (χ3v) is 11.4. The number of rotatable bonds is 7. The molecule has 10 heteroatoms. The maximum Gasteiger partial charge on any atom is 0.341 e. The third kappa shape index (κ3) is 5.40. The van der Waals surface area contributed by atoms with E-state index in [-0.39, 0.29) is 27.7 Å². The van der Waals surface area contributed by atoms with E-state index in [2.05, 4.69) is 37.9 Å². The van der Waals surface area contributed by atoms with Crippen LogP contribution in [-0.4, -0.2) is 62.3 Å². The van der Waals surface area contributed by atoms with Gasteiger partial charge in [0.15, 0.2) is 0 Å². The van der Waals surface area contributed by atoms with Gasteiger partial charge in [-0.15, -0.1) is 11.3 Å². The molecule has 1 amide bonds. The second-order valence-electron chi connectivity index (χ2n) is 12.5. The number of thiophene rings is 1. The quantitative estimate of drug-likeness (QED) is 0.461. The first kappa shape index (κ1) is 28.3. The molecule has 2 fully saturated rings. The van der Waals surface area contributed by atoms with Gasteiger partial charge in [-0.25, -0.2) is 13.2 Å². The van der Waals surface area contributed by atoms with E-state index in [9.17, 15) is 18.0 Å². The zero-order valence-corrected chi connectivity index (χ0v) is 25.1. The number of nitrogens with zero attached hydrogens (tertiary/aromatic N) is 2. The highest BCUT2D eigenvalue weighted by Gasteiger charge is 2.53. The van der Waals surface area contributed by atoms with Crippen molar-refractivity contribution in [3.63, 3.8) is 0 Å². The Labute approximate surface area is 235 Å². The lowest BCUT2D eigenvalue weighted by Gasteiger charge is -2.39. The van der Waals surface area contributed by atoms with Gasteiger partial charge in [0.05, 0.1) is 17.6 Å². The largest absolute Gasteiger partial charge is 0.465 e. The van der Waals surface area contributed by atoms with Crippen LogP contribution in [0.25, 0.3) is 0 Å². The SMILES string of the molecule is CCCN1CCc2c(sc(NC(=O)c3ccc(S(=O)(=O)N4CC5(C)CC4CC(C)(C)C5)cc3)c2C(=O)OC)C1. The molecule has 8 nitrogen and oxygen atoms in total. The van der Waals surface area contributed by atoms with Crippen LogP contribution in [0.3, 0.4) is 0 Å². The summed E-state index contributed by atoms with van der Waals surface area (Å²) in [5.74, 6) is -0.847. The molecule has 0 spiro atoms. The fourth-order valence-corrected chi connectivity index (χ4v) is 10.2. The molecule has 2 unspecified atom stereocenters. The molecule has 0 radical (unpaired) electrons. The summed E-state index contributed by atoms with van der Waals surface area (Å²) in [6, 6.07) is 6.13. The number of carbonyl (C=O) groups is 2. The van der Waals surface area contributed by atoms with E-state index in [0.29, 0.717) is 22.7 Å². The molecule has 39 heavy (non-hydrogen) atoms. The van der Waals surface area contributed by atoms with Gasteiger partial charge >= 0.3 is 5.97 Å². The Bertz CT molecular complexity index is 1380. The van der Waals surface area contributed by atoms with E-state index in [1.54, 1.807) is 16.4 Å². The van der Waals surface area contributed by atoms with Crippen LogP contribution in [0.15, 0.2) is 29.2 Å². The van der Waals surface area contributed by atoms with Crippen LogP contribution in [0.4, 0.5) is 5.00 Å². The minimum absolute atomic E-state index is 0.00146. The second kappa shape index (κ2) is 10.3. The summed E-state index contributed by atoms with van der Waals surface area (Å²) in [5.41, 5.74) is 1.81. The molecule has 3 aliphatic rings. The predicted octanol–water partition coefficient (Wildman–Crippen LogP) is 5.14. The summed E-state index contributed by atoms with van der Waals surface area (Å²) in [6.07, 6.45) is 4.53. The lowest BCUT2D eigenvalue weighted by Crippen LogP contribution is -2.37. The van der Waals surface area contributed by atoms with Gasteiger partial charge in [-0.3, -0.25) is 9.69 Å². The number of sulfonamides is 1. The van der Waals surface area contributed by atoms with Crippen LogP contribution >= 0.6 is 11.3 Å². The number of fused-ring (bicyclic) bond motifs is 3. The molecule has 2 atom stereocenters. The van der Waals surface area contributed by atoms with E-state index in [0.717, 1.165) is 62.2 Å². The molecule has 3 heterocycles. The maximum absolute atomic E-state index is 13.6. The Morgan fingerprint density at radius 3 is 2.54 bits per heavy atom. The first-order valence-corrected chi connectivity index (χ1v) is 16.0. The van der Waals surface area contributed by atoms with Crippen LogP contribution in [-0.2, 0) is 27.7 Å². The number of benzene rings is 1. The van der Waals surface area contributed by atoms with E-state index in [1.807, 2.05) is 0 Å². The van der Waals surface area contributed by atoms with Crippen LogP contribution in [0.5, 0.6) is 0 Å². The molecule has 1 aromatic carbocycles. The highest BCUT2D eigenvalue weighted by atomic mass is 32.2. The number of nitrogens with one attached hydrogen (secondary N) is 1. The minimum atomic E-state index is -3.68. The lowest BCUT2D eigenvalue weighted by atomic mass is 9.65. The summed E-state index contributed by atoms with van der Waals surface area (Å²) in [4.78, 5) is 29.5. The third-order valence-electron chi connectivity index (χ3n) is 8.38. The van der Waals surface area contributed by atoms with Crippen molar-refractivity contribution in [2.75, 3.05) is 32.1 Å². The van der Waals surface area contributed by atoms with Crippen molar-refractivity contribution in [3.05, 3.63) is 45.8 Å². The molecule has 2 aromatic rings. The minimum Gasteiger partial charge on any atom is -0.465 e. The number of ether oxygens (including phenoxy) is 1. The highest BCUT2D eigenvalue weighted by molar-refractivity contribution is 7.89. The number of esters is 1. The predicted molar refractivity (Wildman–Crippen MR) is 153 cm³/mol. The second-order valence-corrected chi connectivity index (χ2v) is 15.5. The van der Waals surface area contributed by atoms with Crippen LogP contribution in [0.1, 0.15) is 84.5 Å². The number of hydrogen-bond donors (Lipinski definition) is 1. The molecule has 1 aromatic heterocycles. The van der Waals surface area contributed by atoms with Crippen molar-refractivity contribution in [2.24, 2.45) is 10.8 Å². The van der Waals surface area contributed by atoms with Gasteiger partial charge in [-0.1, -0.05) is 27.7 Å². The van der Waals surface area contributed by atoms with E-state index >= 15 is 0 Å². The van der Waals surface area contributed by atoms with Gasteiger partial charge in [0.1, 0.15) is 5.00 Å². The summed E-state index contributed by atoms with van der Waals surface area (Å²) in [7, 11) is -2.33. The van der Waals surface area contributed by atoms with Crippen LogP contribution in [0.2, 0.25) is 0 Å². The molecule has 2 aliphatic heterocycles. The molecule has 1 N–H and O–H groups in total. The fourth-order valence-electron chi connectivity index (χ4n) is 7.15. The molecule has 1 aliphatic carbocycles. The average Bonchev–Trinajstić information content (AvgIpc) is 3.36. The summed E-state index contributed by atoms with van der Waals surface area (Å²) in [6.45, 7) is 11.9. The van der Waals surface area contributed by atoms with Gasteiger partial charge in [-0.2, -0.15) is 4.31 Å². The van der Waals surface area contributed by atoms with Crippen molar-refractivity contribution in [3.8, 4) is 0 Å². The molecular weight excluding hydrogens is 534 g/mol. The van der Waals surface area contributed by atoms with Gasteiger partial charge in [0.2, 0.25) is 10.0 Å². The Hall–Kier alpha value is -2.27. The normalized spacial score (nSPS) is 24.8. The number of hydrogen-bond acceptors (Lipinski definition) is 7. The Balaban J connectivity index is 1.35. The van der Waals surface area contributed by atoms with E-state index in [1.165, 1.54) is 30.6 Å². The van der Waals surface area contributed by atoms with Crippen molar-refractivity contribution < 1.29 is 22.7 Å². The summed E-state index contributed by atoms with van der Waals surface area (Å²) >= 11 is 1.41. The van der Waals surface area contributed by atoms with Crippen LogP contribution in [0, 0.1) is 10.8 Å². The van der Waals surface area contributed by atoms with Crippen LogP contribution < -0.4 is 5.32 Å². The summed E-state index contributed by atoms with van der Waals surface area (Å²) < 4.78 is 33.9. The number of carbonyl (C=O) groups excluding carboxylic acids is 2. The number of anilines is 1. The first-order chi connectivity index (χ1) is 18.4. The molecular formula is C29H39N3O5S2. The Morgan fingerprint density at radius 2 is 1.87 bits per heavy atom. The van der Waals surface area contributed by atoms with E-state index < -0.39 is 16.0 Å². The van der Waals surface area contributed by atoms with Gasteiger partial charge in [0, 0.05) is 36.1 Å². The number of amides is 1. The number of methoxy groups -OCH3 is 1. The lowest BCUT2D eigenvalue weighted by molar-refractivity contribution is 0.0600. The van der Waals surface area contributed by atoms with Crippen molar-refractivity contribution in [1.29, 1.82) is 0 Å². The molecule has 212 valence electrons. The zero-order chi connectivity index (χ0) is 28.2. The van der Waals surface area contributed by atoms with Gasteiger partial charge in [0.25, 0.3) is 5.91 Å². The molecule has 1 saturated heterocycles. The summed E-state index contributed by atoms with van der Waals surface area (Å²) in [5, 5.41) is 3.38. The molecule has 5 rings (SSSR count). The van der Waals surface area contributed by atoms with Crippen molar-refractivity contribution in [1.82, 2.24) is 9.21 Å². The van der Waals surface area contributed by atoms with E-state index in [4.69, 9.17) is 4.74 Å². The zero-order valence-electron chi connectivity index (χ0n) is 23.5. The molecule has 2 bridgehead atoms.